The van der Waals surface area contributed by atoms with Crippen LogP contribution in [0.5, 0.6) is 0 Å². The minimum absolute atomic E-state index is 0.0378. The third-order valence-corrected chi connectivity index (χ3v) is 6.02. The summed E-state index contributed by atoms with van der Waals surface area (Å²) < 4.78 is 40.8. The molecule has 0 spiro atoms. The fraction of sp³-hybridized carbons (Fsp3) is 0.364. The zero-order chi connectivity index (χ0) is 15.9. The van der Waals surface area contributed by atoms with E-state index in [9.17, 15) is 17.6 Å². The van der Waals surface area contributed by atoms with Gasteiger partial charge in [-0.05, 0) is 28.4 Å². The molecule has 2 rings (SSSR count). The maximum absolute atomic E-state index is 14.1. The zero-order valence-electron chi connectivity index (χ0n) is 10.9. The number of nitrogen functional groups attached to an aromatic ring is 1. The number of likely N-dealkylation sites (tertiary alicyclic amines) is 1. The highest BCUT2D eigenvalue weighted by atomic mass is 79.9. The Bertz CT molecular complexity index is 713. The van der Waals surface area contributed by atoms with Gasteiger partial charge in [0.15, 0.2) is 5.82 Å². The number of hydrogen-bond acceptors (Lipinski definition) is 4. The Balaban J connectivity index is 2.39. The quantitative estimate of drug-likeness (QED) is 0.591. The van der Waals surface area contributed by atoms with Crippen LogP contribution in [0.3, 0.4) is 0 Å². The molecule has 1 heterocycles. The molecule has 1 aliphatic heterocycles. The van der Waals surface area contributed by atoms with Gasteiger partial charge in [0, 0.05) is 13.6 Å². The van der Waals surface area contributed by atoms with E-state index < -0.39 is 32.5 Å². The molecule has 21 heavy (non-hydrogen) atoms. The number of carbonyl (C=O) groups excluding carboxylic acids is 1. The van der Waals surface area contributed by atoms with E-state index in [4.69, 9.17) is 17.3 Å². The summed E-state index contributed by atoms with van der Waals surface area (Å²) in [6, 6.07) is 0.0334. The number of rotatable bonds is 3. The Morgan fingerprint density at radius 3 is 2.71 bits per heavy atom. The summed E-state index contributed by atoms with van der Waals surface area (Å²) in [5, 5.41) is -0.0378. The lowest BCUT2D eigenvalue weighted by Gasteiger charge is -2.14. The standard InChI is InChI=1S/C11H12BrClFN3O3S/c1-17-3-2-6(11(17)18)16-21(19,20)7-4-5(13)8(12)10(15)9(7)14/h4,6,16H,2-3,15H2,1H3. The first-order valence-electron chi connectivity index (χ1n) is 5.85. The molecule has 6 nitrogen and oxygen atoms in total. The van der Waals surface area contributed by atoms with Crippen molar-refractivity contribution in [3.63, 3.8) is 0 Å². The second-order valence-corrected chi connectivity index (χ2v) is 7.50. The Morgan fingerprint density at radius 2 is 2.19 bits per heavy atom. The predicted molar refractivity (Wildman–Crippen MR) is 79.9 cm³/mol. The molecule has 1 aromatic carbocycles. The van der Waals surface area contributed by atoms with E-state index in [1.807, 2.05) is 0 Å². The number of halogens is 3. The van der Waals surface area contributed by atoms with E-state index in [2.05, 4.69) is 20.7 Å². The lowest BCUT2D eigenvalue weighted by atomic mass is 10.3. The minimum atomic E-state index is -4.25. The van der Waals surface area contributed by atoms with Crippen molar-refractivity contribution in [2.24, 2.45) is 0 Å². The van der Waals surface area contributed by atoms with Gasteiger partial charge in [0.1, 0.15) is 10.9 Å². The molecule has 10 heteroatoms. The molecule has 1 aliphatic rings. The molecule has 1 unspecified atom stereocenters. The number of hydrogen-bond donors (Lipinski definition) is 2. The highest BCUT2D eigenvalue weighted by molar-refractivity contribution is 9.10. The van der Waals surface area contributed by atoms with Crippen LogP contribution in [-0.2, 0) is 14.8 Å². The number of carbonyl (C=O) groups is 1. The molecular formula is C11H12BrClFN3O3S. The molecular weight excluding hydrogens is 389 g/mol. The summed E-state index contributed by atoms with van der Waals surface area (Å²) in [5.41, 5.74) is 5.06. The summed E-state index contributed by atoms with van der Waals surface area (Å²) >= 11 is 8.77. The van der Waals surface area contributed by atoms with Gasteiger partial charge in [0.05, 0.1) is 15.2 Å². The Labute approximate surface area is 134 Å². The lowest BCUT2D eigenvalue weighted by molar-refractivity contribution is -0.127. The summed E-state index contributed by atoms with van der Waals surface area (Å²) in [4.78, 5) is 12.4. The number of nitrogens with zero attached hydrogens (tertiary/aromatic N) is 1. The van der Waals surface area contributed by atoms with Gasteiger partial charge < -0.3 is 10.6 Å². The minimum Gasteiger partial charge on any atom is -0.395 e. The fourth-order valence-electron chi connectivity index (χ4n) is 1.98. The maximum Gasteiger partial charge on any atom is 0.244 e. The van der Waals surface area contributed by atoms with Crippen LogP contribution in [0.2, 0.25) is 5.02 Å². The van der Waals surface area contributed by atoms with E-state index >= 15 is 0 Å². The van der Waals surface area contributed by atoms with Crippen LogP contribution >= 0.6 is 27.5 Å². The van der Waals surface area contributed by atoms with E-state index in [1.165, 1.54) is 4.90 Å². The number of anilines is 1. The van der Waals surface area contributed by atoms with E-state index in [0.29, 0.717) is 13.0 Å². The first-order chi connectivity index (χ1) is 9.65. The number of nitrogens with two attached hydrogens (primary N) is 1. The van der Waals surface area contributed by atoms with Crippen LogP contribution in [0.25, 0.3) is 0 Å². The molecule has 1 amide bonds. The van der Waals surface area contributed by atoms with Gasteiger partial charge in [-0.3, -0.25) is 4.79 Å². The van der Waals surface area contributed by atoms with Crippen molar-refractivity contribution < 1.29 is 17.6 Å². The second-order valence-electron chi connectivity index (χ2n) is 4.62. The van der Waals surface area contributed by atoms with E-state index in [1.54, 1.807) is 7.05 Å². The van der Waals surface area contributed by atoms with Crippen LogP contribution in [0.4, 0.5) is 10.1 Å². The predicted octanol–water partition coefficient (Wildman–Crippen LogP) is 1.33. The number of benzene rings is 1. The molecule has 1 aromatic rings. The number of likely N-dealkylation sites (N-methyl/N-ethyl adjacent to an activating group) is 1. The zero-order valence-corrected chi connectivity index (χ0v) is 14.0. The van der Waals surface area contributed by atoms with Crippen molar-refractivity contribution in [1.82, 2.24) is 9.62 Å². The summed E-state index contributed by atoms with van der Waals surface area (Å²) in [7, 11) is -2.69. The smallest absolute Gasteiger partial charge is 0.244 e. The molecule has 1 fully saturated rings. The van der Waals surface area contributed by atoms with Crippen LogP contribution in [0.15, 0.2) is 15.4 Å². The Kier molecular flexibility index (Phi) is 4.48. The van der Waals surface area contributed by atoms with Crippen LogP contribution in [0, 0.1) is 5.82 Å². The van der Waals surface area contributed by atoms with Crippen LogP contribution in [0.1, 0.15) is 6.42 Å². The average Bonchev–Trinajstić information content (AvgIpc) is 2.72. The maximum atomic E-state index is 14.1. The van der Waals surface area contributed by atoms with Crippen molar-refractivity contribution in [1.29, 1.82) is 0 Å². The van der Waals surface area contributed by atoms with E-state index in [0.717, 1.165) is 6.07 Å². The number of sulfonamides is 1. The molecule has 0 radical (unpaired) electrons. The van der Waals surface area contributed by atoms with Crippen molar-refractivity contribution in [3.8, 4) is 0 Å². The first kappa shape index (κ1) is 16.5. The van der Waals surface area contributed by atoms with Gasteiger partial charge in [0.2, 0.25) is 15.9 Å². The van der Waals surface area contributed by atoms with Gasteiger partial charge in [-0.1, -0.05) is 11.6 Å². The Morgan fingerprint density at radius 1 is 1.57 bits per heavy atom. The van der Waals surface area contributed by atoms with Crippen molar-refractivity contribution in [3.05, 3.63) is 21.4 Å². The molecule has 3 N–H and O–H groups in total. The third kappa shape index (κ3) is 3.01. The number of nitrogens with one attached hydrogen (secondary N) is 1. The monoisotopic (exact) mass is 399 g/mol. The largest absolute Gasteiger partial charge is 0.395 e. The van der Waals surface area contributed by atoms with Crippen LogP contribution in [-0.4, -0.2) is 38.9 Å². The van der Waals surface area contributed by atoms with E-state index in [-0.39, 0.29) is 15.4 Å². The average molecular weight is 401 g/mol. The molecule has 0 bridgehead atoms. The van der Waals surface area contributed by atoms with Gasteiger partial charge in [-0.15, -0.1) is 0 Å². The highest BCUT2D eigenvalue weighted by Gasteiger charge is 2.34. The molecule has 1 atom stereocenters. The van der Waals surface area contributed by atoms with Crippen molar-refractivity contribution in [2.75, 3.05) is 19.3 Å². The molecule has 0 aromatic heterocycles. The molecule has 0 aliphatic carbocycles. The highest BCUT2D eigenvalue weighted by Crippen LogP contribution is 2.34. The normalized spacial score (nSPS) is 19.3. The fourth-order valence-corrected chi connectivity index (χ4v) is 3.88. The van der Waals surface area contributed by atoms with Gasteiger partial charge in [-0.2, -0.15) is 4.72 Å². The van der Waals surface area contributed by atoms with Crippen LogP contribution < -0.4 is 10.5 Å². The van der Waals surface area contributed by atoms with Gasteiger partial charge in [0.25, 0.3) is 0 Å². The molecule has 0 saturated carbocycles. The summed E-state index contributed by atoms with van der Waals surface area (Å²) in [6.07, 6.45) is 0.315. The SMILES string of the molecule is CN1CCC(NS(=O)(=O)c2cc(Cl)c(Br)c(N)c2F)C1=O. The van der Waals surface area contributed by atoms with Crippen molar-refractivity contribution in [2.45, 2.75) is 17.4 Å². The molecule has 116 valence electrons. The first-order valence-corrected chi connectivity index (χ1v) is 8.51. The Hall–Kier alpha value is -0.900. The van der Waals surface area contributed by atoms with Gasteiger partial charge in [-0.25, -0.2) is 12.8 Å². The lowest BCUT2D eigenvalue weighted by Crippen LogP contribution is -2.40. The molecule has 1 saturated heterocycles. The van der Waals surface area contributed by atoms with Gasteiger partial charge >= 0.3 is 0 Å². The summed E-state index contributed by atoms with van der Waals surface area (Å²) in [6.45, 7) is 0.428. The topological polar surface area (TPSA) is 92.5 Å². The summed E-state index contributed by atoms with van der Waals surface area (Å²) in [5.74, 6) is -1.48. The second kappa shape index (κ2) is 5.71. The van der Waals surface area contributed by atoms with Crippen molar-refractivity contribution >= 4 is 49.1 Å². The third-order valence-electron chi connectivity index (χ3n) is 3.17. The number of amides is 1.